The van der Waals surface area contributed by atoms with Gasteiger partial charge in [-0.2, -0.15) is 0 Å². The third-order valence-electron chi connectivity index (χ3n) is 8.81. The fourth-order valence-corrected chi connectivity index (χ4v) is 6.76. The highest BCUT2D eigenvalue weighted by atomic mass is 16.6. The van der Waals surface area contributed by atoms with Crippen molar-refractivity contribution in [2.24, 2.45) is 17.6 Å². The SMILES string of the molecule is CN(C)c1cc(NCc2ccc([N+](=O)[O-])cc2)c(O)c2c1C[C@@H]1C[C@@H]3[C@H](N(C)C)C(=O)C(C(N)=O)=C(O)[C@]3(O)C(=O)C1=C2O. The Bertz CT molecular complexity index is 1680. The maximum absolute atomic E-state index is 14.1. The van der Waals surface area contributed by atoms with Gasteiger partial charge >= 0.3 is 0 Å². The molecule has 0 radical (unpaired) electrons. The Morgan fingerprint density at radius 3 is 2.32 bits per heavy atom. The third kappa shape index (κ3) is 4.45. The number of carbonyl (C=O) groups is 3. The van der Waals surface area contributed by atoms with Gasteiger partial charge in [-0.25, -0.2) is 0 Å². The van der Waals surface area contributed by atoms with Gasteiger partial charge in [0.15, 0.2) is 11.4 Å². The number of hydrogen-bond donors (Lipinski definition) is 6. The van der Waals surface area contributed by atoms with Crippen molar-refractivity contribution in [2.45, 2.75) is 31.0 Å². The van der Waals surface area contributed by atoms with Crippen molar-refractivity contribution in [3.05, 3.63) is 74.0 Å². The largest absolute Gasteiger partial charge is 0.508 e. The van der Waals surface area contributed by atoms with Gasteiger partial charge < -0.3 is 36.4 Å². The first-order valence-electron chi connectivity index (χ1n) is 13.8. The second-order valence-corrected chi connectivity index (χ2v) is 11.8. The molecule has 2 aromatic carbocycles. The summed E-state index contributed by atoms with van der Waals surface area (Å²) in [5, 5.41) is 59.9. The van der Waals surface area contributed by atoms with Crippen LogP contribution in [-0.2, 0) is 27.3 Å². The lowest BCUT2D eigenvalue weighted by Crippen LogP contribution is -2.65. The number of likely N-dealkylation sites (N-methyl/N-ethyl adjacent to an activating group) is 1. The molecule has 1 fully saturated rings. The van der Waals surface area contributed by atoms with Crippen molar-refractivity contribution in [1.82, 2.24) is 4.90 Å². The maximum Gasteiger partial charge on any atom is 0.269 e. The second kappa shape index (κ2) is 10.6. The number of Topliss-reactive ketones (excluding diaryl/α,β-unsaturated/α-hetero) is 2. The van der Waals surface area contributed by atoms with Crippen LogP contribution in [0.4, 0.5) is 17.1 Å². The van der Waals surface area contributed by atoms with Gasteiger partial charge in [-0.15, -0.1) is 0 Å². The number of nitro benzene ring substituents is 1. The number of nitrogens with two attached hydrogens (primary N) is 1. The Morgan fingerprint density at radius 1 is 1.14 bits per heavy atom. The van der Waals surface area contributed by atoms with Gasteiger partial charge in [0.05, 0.1) is 22.2 Å². The smallest absolute Gasteiger partial charge is 0.269 e. The van der Waals surface area contributed by atoms with E-state index in [-0.39, 0.29) is 47.6 Å². The molecule has 0 aliphatic heterocycles. The van der Waals surface area contributed by atoms with Crippen LogP contribution in [0.15, 0.2) is 47.2 Å². The summed E-state index contributed by atoms with van der Waals surface area (Å²) in [6.45, 7) is 0.159. The number of primary amides is 1. The van der Waals surface area contributed by atoms with E-state index in [1.807, 2.05) is 0 Å². The molecule has 4 atom stereocenters. The molecular weight excluding hydrogens is 574 g/mol. The summed E-state index contributed by atoms with van der Waals surface area (Å²) in [5.74, 6) is -7.19. The number of aliphatic hydroxyl groups is 3. The van der Waals surface area contributed by atoms with Crippen LogP contribution in [0.5, 0.6) is 5.75 Å². The molecule has 232 valence electrons. The molecule has 0 bridgehead atoms. The number of nitrogens with one attached hydrogen (secondary N) is 1. The lowest BCUT2D eigenvalue weighted by atomic mass is 9.57. The van der Waals surface area contributed by atoms with Crippen LogP contribution >= 0.6 is 0 Å². The molecule has 0 saturated heterocycles. The van der Waals surface area contributed by atoms with Gasteiger partial charge in [-0.05, 0) is 50.0 Å². The number of fused-ring (bicyclic) bond motifs is 3. The Labute approximate surface area is 251 Å². The maximum atomic E-state index is 14.1. The Kier molecular flexibility index (Phi) is 7.38. The minimum absolute atomic E-state index is 0.0143. The van der Waals surface area contributed by atoms with E-state index in [2.05, 4.69) is 5.32 Å². The van der Waals surface area contributed by atoms with Crippen LogP contribution in [0, 0.1) is 22.0 Å². The van der Waals surface area contributed by atoms with Gasteiger partial charge in [0, 0.05) is 50.0 Å². The normalized spacial score (nSPS) is 24.5. The number of ketones is 2. The number of rotatable bonds is 7. The molecule has 3 aliphatic rings. The van der Waals surface area contributed by atoms with Crippen LogP contribution < -0.4 is 16.0 Å². The van der Waals surface area contributed by atoms with E-state index in [0.29, 0.717) is 16.8 Å². The average molecular weight is 608 g/mol. The van der Waals surface area contributed by atoms with Crippen molar-refractivity contribution >= 4 is 40.3 Å². The minimum atomic E-state index is -2.73. The molecule has 1 amide bonds. The van der Waals surface area contributed by atoms with Crippen molar-refractivity contribution in [3.63, 3.8) is 0 Å². The zero-order valence-electron chi connectivity index (χ0n) is 24.5. The van der Waals surface area contributed by atoms with Crippen LogP contribution in [0.3, 0.4) is 0 Å². The Balaban J connectivity index is 1.63. The fourth-order valence-electron chi connectivity index (χ4n) is 6.76. The molecule has 5 rings (SSSR count). The van der Waals surface area contributed by atoms with Gasteiger partial charge in [0.2, 0.25) is 5.78 Å². The van der Waals surface area contributed by atoms with Crippen LogP contribution in [-0.4, -0.2) is 87.6 Å². The number of nitrogens with zero attached hydrogens (tertiary/aromatic N) is 3. The number of aliphatic hydroxyl groups excluding tert-OH is 2. The summed E-state index contributed by atoms with van der Waals surface area (Å²) in [6.07, 6.45) is 0.137. The molecule has 3 aliphatic carbocycles. The van der Waals surface area contributed by atoms with Crippen LogP contribution in [0.2, 0.25) is 0 Å². The monoisotopic (exact) mass is 607 g/mol. The Hall–Kier alpha value is -4.95. The number of phenols is 1. The van der Waals surface area contributed by atoms with E-state index in [9.17, 15) is 44.9 Å². The summed E-state index contributed by atoms with van der Waals surface area (Å²) < 4.78 is 0. The lowest BCUT2D eigenvalue weighted by molar-refractivity contribution is -0.384. The molecule has 44 heavy (non-hydrogen) atoms. The first-order valence-corrected chi connectivity index (χ1v) is 13.8. The first-order chi connectivity index (χ1) is 20.6. The molecule has 14 nitrogen and oxygen atoms in total. The van der Waals surface area contributed by atoms with E-state index >= 15 is 0 Å². The highest BCUT2D eigenvalue weighted by Gasteiger charge is 2.64. The van der Waals surface area contributed by atoms with Gasteiger partial charge in [0.25, 0.3) is 11.6 Å². The summed E-state index contributed by atoms with van der Waals surface area (Å²) in [4.78, 5) is 53.2. The van der Waals surface area contributed by atoms with E-state index in [1.54, 1.807) is 51.3 Å². The summed E-state index contributed by atoms with van der Waals surface area (Å²) in [7, 11) is 6.62. The number of anilines is 2. The topological polar surface area (TPSA) is 220 Å². The number of hydrogen-bond acceptors (Lipinski definition) is 12. The quantitative estimate of drug-likeness (QED) is 0.114. The fraction of sp³-hybridized carbons (Fsp3) is 0.367. The van der Waals surface area contributed by atoms with Crippen LogP contribution in [0.25, 0.3) is 5.76 Å². The number of non-ortho nitro benzene ring substituents is 1. The molecule has 2 aromatic rings. The lowest BCUT2D eigenvalue weighted by Gasteiger charge is -2.50. The Morgan fingerprint density at radius 2 is 1.77 bits per heavy atom. The number of nitro groups is 1. The zero-order valence-corrected chi connectivity index (χ0v) is 24.5. The van der Waals surface area contributed by atoms with Crippen molar-refractivity contribution < 1.29 is 39.7 Å². The standard InChI is InChI=1S/C30H33N5O9/c1-33(2)19-11-18(32-12-13-5-7-15(8-6-13)35(43)44)24(36)21-16(19)9-14-10-17-23(34(3)4)26(38)22(29(31)41)28(40)30(17,42)27(39)20(14)25(21)37/h5-8,11,14,17,23,32,36-37,40,42H,9-10,12H2,1-4H3,(H2,31,41)/t14-,17-,23+,30-/m1/s1. The van der Waals surface area contributed by atoms with Gasteiger partial charge in [-0.3, -0.25) is 29.4 Å². The second-order valence-electron chi connectivity index (χ2n) is 11.8. The number of carbonyl (C=O) groups excluding carboxylic acids is 3. The van der Waals surface area contributed by atoms with Crippen molar-refractivity contribution in [2.75, 3.05) is 38.4 Å². The van der Waals surface area contributed by atoms with Gasteiger partial charge in [0.1, 0.15) is 22.8 Å². The summed E-state index contributed by atoms with van der Waals surface area (Å²) >= 11 is 0. The average Bonchev–Trinajstić information content (AvgIpc) is 2.94. The van der Waals surface area contributed by atoms with E-state index in [1.165, 1.54) is 17.0 Å². The molecular formula is C30H33N5O9. The number of aromatic hydroxyl groups is 1. The van der Waals surface area contributed by atoms with Crippen molar-refractivity contribution in [1.29, 1.82) is 0 Å². The molecule has 0 unspecified atom stereocenters. The molecule has 1 saturated carbocycles. The summed E-state index contributed by atoms with van der Waals surface area (Å²) in [6, 6.07) is 6.34. The minimum Gasteiger partial charge on any atom is -0.508 e. The molecule has 0 spiro atoms. The number of phenolic OH excluding ortho intramolecular Hbond substituents is 1. The highest BCUT2D eigenvalue weighted by Crippen LogP contribution is 2.54. The predicted molar refractivity (Wildman–Crippen MR) is 159 cm³/mol. The number of benzene rings is 2. The molecule has 7 N–H and O–H groups in total. The molecule has 0 aromatic heterocycles. The predicted octanol–water partition coefficient (Wildman–Crippen LogP) is 1.55. The molecule has 14 heteroatoms. The van der Waals surface area contributed by atoms with Gasteiger partial charge in [-0.1, -0.05) is 12.1 Å². The van der Waals surface area contributed by atoms with Crippen LogP contribution in [0.1, 0.15) is 23.1 Å². The highest BCUT2D eigenvalue weighted by molar-refractivity contribution is 6.24. The van der Waals surface area contributed by atoms with E-state index in [4.69, 9.17) is 5.73 Å². The van der Waals surface area contributed by atoms with Crippen molar-refractivity contribution in [3.8, 4) is 5.75 Å². The first kappa shape index (κ1) is 30.5. The zero-order chi connectivity index (χ0) is 32.4. The third-order valence-corrected chi connectivity index (χ3v) is 8.81. The molecule has 0 heterocycles. The number of amides is 1. The summed E-state index contributed by atoms with van der Waals surface area (Å²) in [5.41, 5.74) is 3.43. The van der Waals surface area contributed by atoms with E-state index < -0.39 is 63.0 Å². The van der Waals surface area contributed by atoms with E-state index in [0.717, 1.165) is 0 Å².